The molecule has 0 radical (unpaired) electrons. The van der Waals surface area contributed by atoms with Gasteiger partial charge >= 0.3 is 0 Å². The monoisotopic (exact) mass is 399 g/mol. The maximum Gasteiger partial charge on any atom is 0.233 e. The summed E-state index contributed by atoms with van der Waals surface area (Å²) >= 11 is 1.39. The second kappa shape index (κ2) is 10.1. The molecule has 3 rings (SSSR count). The van der Waals surface area contributed by atoms with Crippen molar-refractivity contribution in [1.82, 2.24) is 19.7 Å². The Morgan fingerprint density at radius 3 is 2.46 bits per heavy atom. The minimum absolute atomic E-state index is 0.0142. The van der Waals surface area contributed by atoms with E-state index in [1.54, 1.807) is 17.1 Å². The lowest BCUT2D eigenvalue weighted by Gasteiger charge is -2.28. The minimum Gasteiger partial charge on any atom is -0.378 e. The first-order chi connectivity index (χ1) is 13.7. The predicted molar refractivity (Wildman–Crippen MR) is 112 cm³/mol. The lowest BCUT2D eigenvalue weighted by atomic mass is 10.3. The number of carbonyl (C=O) groups excluding carboxylic acids is 1. The maximum atomic E-state index is 12.6. The highest BCUT2D eigenvalue weighted by atomic mass is 32.2. The minimum atomic E-state index is 0.0142. The van der Waals surface area contributed by atoms with Crippen LogP contribution in [0.4, 0.5) is 5.95 Å². The molecule has 0 saturated carbocycles. The first-order valence-electron chi connectivity index (χ1n) is 9.20. The highest BCUT2D eigenvalue weighted by molar-refractivity contribution is 7.99. The number of amides is 1. The summed E-state index contributed by atoms with van der Waals surface area (Å²) in [5, 5.41) is 9.48. The molecular formula is C20H25N5O2S. The molecule has 1 amide bonds. The van der Waals surface area contributed by atoms with Gasteiger partial charge < -0.3 is 14.5 Å². The zero-order valence-electron chi connectivity index (χ0n) is 15.9. The molecular weight excluding hydrogens is 374 g/mol. The summed E-state index contributed by atoms with van der Waals surface area (Å²) in [5.41, 5.74) is 0.970. The van der Waals surface area contributed by atoms with Crippen molar-refractivity contribution < 1.29 is 9.53 Å². The quantitative estimate of drug-likeness (QED) is 0.477. The van der Waals surface area contributed by atoms with Crippen LogP contribution in [0, 0.1) is 0 Å². The van der Waals surface area contributed by atoms with Crippen LogP contribution in [0.1, 0.15) is 0 Å². The molecule has 1 saturated heterocycles. The van der Waals surface area contributed by atoms with Gasteiger partial charge in [-0.25, -0.2) is 0 Å². The maximum absolute atomic E-state index is 12.6. The first-order valence-corrected chi connectivity index (χ1v) is 10.2. The van der Waals surface area contributed by atoms with E-state index in [4.69, 9.17) is 4.74 Å². The highest BCUT2D eigenvalue weighted by Crippen LogP contribution is 2.27. The van der Waals surface area contributed by atoms with Crippen LogP contribution in [0.5, 0.6) is 0 Å². The van der Waals surface area contributed by atoms with Gasteiger partial charge in [-0.3, -0.25) is 9.36 Å². The van der Waals surface area contributed by atoms with Crippen LogP contribution in [0.3, 0.4) is 0 Å². The number of thioether (sulfide) groups is 1. The van der Waals surface area contributed by atoms with Gasteiger partial charge in [0.2, 0.25) is 11.9 Å². The summed E-state index contributed by atoms with van der Waals surface area (Å²) in [5.74, 6) is 1.06. The summed E-state index contributed by atoms with van der Waals surface area (Å²) in [6.07, 6.45) is 3.43. The average Bonchev–Trinajstić information content (AvgIpc) is 3.17. The molecule has 28 heavy (non-hydrogen) atoms. The lowest BCUT2D eigenvalue weighted by Crippen LogP contribution is -2.38. The number of benzene rings is 1. The number of hydrogen-bond donors (Lipinski definition) is 0. The topological polar surface area (TPSA) is 63.5 Å². The Balaban J connectivity index is 1.82. The van der Waals surface area contributed by atoms with Gasteiger partial charge in [0.05, 0.1) is 24.7 Å². The van der Waals surface area contributed by atoms with Gasteiger partial charge in [-0.15, -0.1) is 23.4 Å². The van der Waals surface area contributed by atoms with Crippen LogP contribution in [-0.2, 0) is 9.53 Å². The first kappa shape index (κ1) is 20.2. The Hall–Kier alpha value is -2.58. The Bertz CT molecular complexity index is 792. The van der Waals surface area contributed by atoms with Crippen LogP contribution in [-0.4, -0.2) is 70.7 Å². The van der Waals surface area contributed by atoms with Crippen LogP contribution in [0.15, 0.2) is 60.8 Å². The molecule has 0 bridgehead atoms. The van der Waals surface area contributed by atoms with Crippen molar-refractivity contribution in [1.29, 1.82) is 0 Å². The number of para-hydroxylation sites is 1. The molecule has 2 aromatic rings. The van der Waals surface area contributed by atoms with Gasteiger partial charge in [0.25, 0.3) is 0 Å². The van der Waals surface area contributed by atoms with Crippen LogP contribution < -0.4 is 4.90 Å². The molecule has 1 aromatic heterocycles. The Morgan fingerprint density at radius 2 is 1.82 bits per heavy atom. The zero-order chi connectivity index (χ0) is 19.8. The highest BCUT2D eigenvalue weighted by Gasteiger charge is 2.22. The Kier molecular flexibility index (Phi) is 7.27. The van der Waals surface area contributed by atoms with Crippen LogP contribution >= 0.6 is 11.8 Å². The molecule has 2 heterocycles. The van der Waals surface area contributed by atoms with Crippen LogP contribution in [0.25, 0.3) is 5.69 Å². The second-order valence-electron chi connectivity index (χ2n) is 6.22. The van der Waals surface area contributed by atoms with E-state index in [0.717, 1.165) is 24.7 Å². The number of carbonyl (C=O) groups is 1. The van der Waals surface area contributed by atoms with Gasteiger partial charge in [-0.2, -0.15) is 0 Å². The molecule has 1 aliphatic rings. The van der Waals surface area contributed by atoms with Crippen molar-refractivity contribution in [3.8, 4) is 5.69 Å². The Morgan fingerprint density at radius 1 is 1.14 bits per heavy atom. The number of aromatic nitrogens is 3. The van der Waals surface area contributed by atoms with E-state index in [2.05, 4.69) is 28.3 Å². The smallest absolute Gasteiger partial charge is 0.233 e. The molecule has 1 aromatic carbocycles. The summed E-state index contributed by atoms with van der Waals surface area (Å²) in [6, 6.07) is 9.96. The molecule has 0 atom stereocenters. The fourth-order valence-corrected chi connectivity index (χ4v) is 3.78. The average molecular weight is 400 g/mol. The number of morpholine rings is 1. The molecule has 0 aliphatic carbocycles. The molecule has 0 N–H and O–H groups in total. The Labute approximate surface area is 169 Å². The van der Waals surface area contributed by atoms with Crippen molar-refractivity contribution in [3.05, 3.63) is 55.6 Å². The molecule has 8 heteroatoms. The number of anilines is 1. The van der Waals surface area contributed by atoms with Gasteiger partial charge in [0.1, 0.15) is 0 Å². The van der Waals surface area contributed by atoms with Crippen molar-refractivity contribution in [2.75, 3.05) is 50.0 Å². The molecule has 7 nitrogen and oxygen atoms in total. The largest absolute Gasteiger partial charge is 0.378 e. The van der Waals surface area contributed by atoms with Gasteiger partial charge in [0.15, 0.2) is 5.16 Å². The lowest BCUT2D eigenvalue weighted by molar-refractivity contribution is -0.127. The van der Waals surface area contributed by atoms with Crippen molar-refractivity contribution >= 4 is 23.6 Å². The predicted octanol–water partition coefficient (Wildman–Crippen LogP) is 2.40. The van der Waals surface area contributed by atoms with E-state index >= 15 is 0 Å². The van der Waals surface area contributed by atoms with Gasteiger partial charge in [0, 0.05) is 26.2 Å². The van der Waals surface area contributed by atoms with E-state index in [1.807, 2.05) is 34.9 Å². The second-order valence-corrected chi connectivity index (χ2v) is 7.16. The summed E-state index contributed by atoms with van der Waals surface area (Å²) in [7, 11) is 0. The number of hydrogen-bond acceptors (Lipinski definition) is 6. The third kappa shape index (κ3) is 4.82. The van der Waals surface area contributed by atoms with E-state index in [1.165, 1.54) is 11.8 Å². The number of rotatable bonds is 9. The molecule has 1 aliphatic heterocycles. The fraction of sp³-hybridized carbons (Fsp3) is 0.350. The summed E-state index contributed by atoms with van der Waals surface area (Å²) < 4.78 is 7.46. The van der Waals surface area contributed by atoms with Gasteiger partial charge in [-0.05, 0) is 12.1 Å². The summed E-state index contributed by atoms with van der Waals surface area (Å²) in [6.45, 7) is 11.3. The summed E-state index contributed by atoms with van der Waals surface area (Å²) in [4.78, 5) is 16.4. The van der Waals surface area contributed by atoms with E-state index < -0.39 is 0 Å². The van der Waals surface area contributed by atoms with Crippen molar-refractivity contribution in [2.24, 2.45) is 0 Å². The standard InChI is InChI=1S/C20H25N5O2S/c1-3-10-23(11-4-2)18(26)16-28-20-22-21-19(24-12-14-27-15-13-24)25(20)17-8-6-5-7-9-17/h3-9H,1-2,10-16H2. The third-order valence-electron chi connectivity index (χ3n) is 4.30. The van der Waals surface area contributed by atoms with E-state index in [0.29, 0.717) is 31.5 Å². The van der Waals surface area contributed by atoms with Crippen LogP contribution in [0.2, 0.25) is 0 Å². The SMILES string of the molecule is C=CCN(CC=C)C(=O)CSc1nnc(N2CCOCC2)n1-c1ccccc1. The molecule has 148 valence electrons. The molecule has 0 spiro atoms. The van der Waals surface area contributed by atoms with Crippen molar-refractivity contribution in [2.45, 2.75) is 5.16 Å². The van der Waals surface area contributed by atoms with E-state index in [-0.39, 0.29) is 11.7 Å². The van der Waals surface area contributed by atoms with Gasteiger partial charge in [-0.1, -0.05) is 42.1 Å². The normalized spacial score (nSPS) is 13.9. The van der Waals surface area contributed by atoms with E-state index in [9.17, 15) is 4.79 Å². The molecule has 1 fully saturated rings. The number of ether oxygens (including phenoxy) is 1. The van der Waals surface area contributed by atoms with Crippen molar-refractivity contribution in [3.63, 3.8) is 0 Å². The zero-order valence-corrected chi connectivity index (χ0v) is 16.7. The fourth-order valence-electron chi connectivity index (χ4n) is 2.93. The third-order valence-corrected chi connectivity index (χ3v) is 5.21. The number of nitrogens with zero attached hydrogens (tertiary/aromatic N) is 5. The molecule has 0 unspecified atom stereocenters.